The Labute approximate surface area is 148 Å². The third-order valence-electron chi connectivity index (χ3n) is 4.35. The maximum Gasteiger partial charge on any atom is 0.183 e. The number of fused-ring (bicyclic) bond motifs is 1. The standard InChI is InChI=1S/C17H18ClN3S2/c18-17-20-10-13(22-17)9-19-12-6-7-14-15(8-12)23-16(21-14)11-4-2-1-3-5-11/h6-8,10-11,19H,1-5,9H2. The molecule has 1 saturated carbocycles. The zero-order valence-electron chi connectivity index (χ0n) is 12.7. The van der Waals surface area contributed by atoms with E-state index in [1.807, 2.05) is 17.5 Å². The molecular weight excluding hydrogens is 346 g/mol. The van der Waals surface area contributed by atoms with Crippen LogP contribution in [-0.4, -0.2) is 9.97 Å². The van der Waals surface area contributed by atoms with Crippen LogP contribution in [0, 0.1) is 0 Å². The second-order valence-corrected chi connectivity index (χ2v) is 8.76. The van der Waals surface area contributed by atoms with E-state index in [-0.39, 0.29) is 0 Å². The van der Waals surface area contributed by atoms with Gasteiger partial charge < -0.3 is 5.32 Å². The molecule has 0 bridgehead atoms. The topological polar surface area (TPSA) is 37.8 Å². The smallest absolute Gasteiger partial charge is 0.183 e. The summed E-state index contributed by atoms with van der Waals surface area (Å²) in [6.07, 6.45) is 8.52. The highest BCUT2D eigenvalue weighted by Gasteiger charge is 2.19. The molecule has 0 spiro atoms. The van der Waals surface area contributed by atoms with Gasteiger partial charge in [0.1, 0.15) is 0 Å². The number of rotatable bonds is 4. The molecule has 0 aliphatic heterocycles. The summed E-state index contributed by atoms with van der Waals surface area (Å²) in [5.41, 5.74) is 2.25. The molecule has 2 heterocycles. The minimum atomic E-state index is 0.594. The summed E-state index contributed by atoms with van der Waals surface area (Å²) < 4.78 is 1.87. The molecule has 0 atom stereocenters. The van der Waals surface area contributed by atoms with Crippen molar-refractivity contribution in [3.63, 3.8) is 0 Å². The number of nitrogens with zero attached hydrogens (tertiary/aromatic N) is 2. The van der Waals surface area contributed by atoms with Crippen LogP contribution in [0.25, 0.3) is 10.2 Å². The summed E-state index contributed by atoms with van der Waals surface area (Å²) in [5, 5.41) is 4.77. The molecular formula is C17H18ClN3S2. The first kappa shape index (κ1) is 15.4. The molecule has 0 unspecified atom stereocenters. The molecule has 120 valence electrons. The van der Waals surface area contributed by atoms with Crippen molar-refractivity contribution in [3.8, 4) is 0 Å². The summed E-state index contributed by atoms with van der Waals surface area (Å²) in [6.45, 7) is 0.754. The molecule has 1 fully saturated rings. The van der Waals surface area contributed by atoms with Gasteiger partial charge in [0, 0.05) is 22.7 Å². The predicted octanol–water partition coefficient (Wildman–Crippen LogP) is 6.07. The summed E-state index contributed by atoms with van der Waals surface area (Å²) in [4.78, 5) is 10.1. The van der Waals surface area contributed by atoms with Gasteiger partial charge in [0.15, 0.2) is 4.47 Å². The molecule has 3 aromatic rings. The SMILES string of the molecule is Clc1ncc(CNc2ccc3nc(C4CCCCC4)sc3c2)s1. The number of benzene rings is 1. The Balaban J connectivity index is 1.50. The van der Waals surface area contributed by atoms with Crippen LogP contribution in [0.2, 0.25) is 4.47 Å². The van der Waals surface area contributed by atoms with E-state index in [1.165, 1.54) is 53.1 Å². The van der Waals surface area contributed by atoms with E-state index in [4.69, 9.17) is 16.6 Å². The highest BCUT2D eigenvalue weighted by Crippen LogP contribution is 2.37. The molecule has 1 aromatic carbocycles. The van der Waals surface area contributed by atoms with Crippen LogP contribution in [0.3, 0.4) is 0 Å². The molecule has 4 rings (SSSR count). The van der Waals surface area contributed by atoms with Gasteiger partial charge in [-0.1, -0.05) is 30.9 Å². The van der Waals surface area contributed by atoms with Gasteiger partial charge in [-0.05, 0) is 31.0 Å². The fraction of sp³-hybridized carbons (Fsp3) is 0.412. The highest BCUT2D eigenvalue weighted by molar-refractivity contribution is 7.18. The van der Waals surface area contributed by atoms with Crippen LogP contribution in [0.1, 0.15) is 47.9 Å². The van der Waals surface area contributed by atoms with Gasteiger partial charge >= 0.3 is 0 Å². The number of aromatic nitrogens is 2. The van der Waals surface area contributed by atoms with Crippen molar-refractivity contribution < 1.29 is 0 Å². The molecule has 2 aromatic heterocycles. The molecule has 0 saturated heterocycles. The summed E-state index contributed by atoms with van der Waals surface area (Å²) in [5.74, 6) is 0.678. The Morgan fingerprint density at radius 3 is 2.83 bits per heavy atom. The van der Waals surface area contributed by atoms with Crippen molar-refractivity contribution in [2.45, 2.75) is 44.6 Å². The number of anilines is 1. The van der Waals surface area contributed by atoms with Crippen LogP contribution in [-0.2, 0) is 6.54 Å². The van der Waals surface area contributed by atoms with Gasteiger partial charge in [-0.2, -0.15) is 0 Å². The van der Waals surface area contributed by atoms with Gasteiger partial charge in [-0.15, -0.1) is 22.7 Å². The van der Waals surface area contributed by atoms with E-state index < -0.39 is 0 Å². The molecule has 0 amide bonds. The van der Waals surface area contributed by atoms with Crippen molar-refractivity contribution in [1.82, 2.24) is 9.97 Å². The predicted molar refractivity (Wildman–Crippen MR) is 99.9 cm³/mol. The Bertz CT molecular complexity index is 805. The average molecular weight is 364 g/mol. The van der Waals surface area contributed by atoms with Crippen molar-refractivity contribution in [3.05, 3.63) is 38.7 Å². The van der Waals surface area contributed by atoms with E-state index in [0.29, 0.717) is 10.4 Å². The van der Waals surface area contributed by atoms with E-state index >= 15 is 0 Å². The summed E-state index contributed by atoms with van der Waals surface area (Å²) >= 11 is 9.25. The zero-order valence-corrected chi connectivity index (χ0v) is 15.1. The summed E-state index contributed by atoms with van der Waals surface area (Å²) in [7, 11) is 0. The van der Waals surface area contributed by atoms with Crippen LogP contribution >= 0.6 is 34.3 Å². The van der Waals surface area contributed by atoms with Crippen molar-refractivity contribution in [2.24, 2.45) is 0 Å². The number of hydrogen-bond acceptors (Lipinski definition) is 5. The van der Waals surface area contributed by atoms with Crippen molar-refractivity contribution >= 4 is 50.2 Å². The molecule has 1 N–H and O–H groups in total. The van der Waals surface area contributed by atoms with Crippen molar-refractivity contribution in [2.75, 3.05) is 5.32 Å². The summed E-state index contributed by atoms with van der Waals surface area (Å²) in [6, 6.07) is 6.44. The third kappa shape index (κ3) is 3.52. The van der Waals surface area contributed by atoms with Crippen LogP contribution in [0.5, 0.6) is 0 Å². The van der Waals surface area contributed by atoms with E-state index in [2.05, 4.69) is 28.5 Å². The maximum atomic E-state index is 5.87. The lowest BCUT2D eigenvalue weighted by atomic mass is 9.90. The Morgan fingerprint density at radius 1 is 1.17 bits per heavy atom. The number of halogens is 1. The first-order valence-electron chi connectivity index (χ1n) is 8.02. The van der Waals surface area contributed by atoms with Gasteiger partial charge in [-0.25, -0.2) is 9.97 Å². The van der Waals surface area contributed by atoms with Crippen LogP contribution < -0.4 is 5.32 Å². The van der Waals surface area contributed by atoms with Crippen LogP contribution in [0.15, 0.2) is 24.4 Å². The Hall–Kier alpha value is -1.17. The lowest BCUT2D eigenvalue weighted by Crippen LogP contribution is -2.03. The fourth-order valence-corrected chi connectivity index (χ4v) is 5.22. The Morgan fingerprint density at radius 2 is 2.04 bits per heavy atom. The minimum absolute atomic E-state index is 0.594. The second-order valence-electron chi connectivity index (χ2n) is 6.00. The first-order valence-corrected chi connectivity index (χ1v) is 10.0. The van der Waals surface area contributed by atoms with Gasteiger partial charge in [-0.3, -0.25) is 0 Å². The largest absolute Gasteiger partial charge is 0.380 e. The fourth-order valence-electron chi connectivity index (χ4n) is 3.13. The van der Waals surface area contributed by atoms with Gasteiger partial charge in [0.2, 0.25) is 0 Å². The zero-order chi connectivity index (χ0) is 15.6. The first-order chi connectivity index (χ1) is 11.3. The van der Waals surface area contributed by atoms with E-state index in [0.717, 1.165) is 22.6 Å². The molecule has 23 heavy (non-hydrogen) atoms. The maximum absolute atomic E-state index is 5.87. The van der Waals surface area contributed by atoms with E-state index in [1.54, 1.807) is 0 Å². The number of hydrogen-bond donors (Lipinski definition) is 1. The molecule has 1 aliphatic carbocycles. The number of nitrogens with one attached hydrogen (secondary N) is 1. The molecule has 1 aliphatic rings. The average Bonchev–Trinajstić information content (AvgIpc) is 3.19. The second kappa shape index (κ2) is 6.75. The van der Waals surface area contributed by atoms with Crippen molar-refractivity contribution in [1.29, 1.82) is 0 Å². The van der Waals surface area contributed by atoms with Gasteiger partial charge in [0.05, 0.1) is 21.8 Å². The monoisotopic (exact) mass is 363 g/mol. The lowest BCUT2D eigenvalue weighted by Gasteiger charge is -2.18. The number of thiazole rings is 2. The lowest BCUT2D eigenvalue weighted by molar-refractivity contribution is 0.443. The Kier molecular flexibility index (Phi) is 4.51. The normalized spacial score (nSPS) is 16.0. The minimum Gasteiger partial charge on any atom is -0.380 e. The third-order valence-corrected chi connectivity index (χ3v) is 6.65. The van der Waals surface area contributed by atoms with Gasteiger partial charge in [0.25, 0.3) is 0 Å². The molecule has 0 radical (unpaired) electrons. The quantitative estimate of drug-likeness (QED) is 0.611. The van der Waals surface area contributed by atoms with E-state index in [9.17, 15) is 0 Å². The van der Waals surface area contributed by atoms with Crippen LogP contribution in [0.4, 0.5) is 5.69 Å². The highest BCUT2D eigenvalue weighted by atomic mass is 35.5. The molecule has 6 heteroatoms. The molecule has 3 nitrogen and oxygen atoms in total.